The Morgan fingerprint density at radius 1 is 0.952 bits per heavy atom. The van der Waals surface area contributed by atoms with Gasteiger partial charge < -0.3 is 5.32 Å². The average Bonchev–Trinajstić information content (AvgIpc) is 3.44. The first-order valence-electron chi connectivity index (χ1n) is 13.5. The van der Waals surface area contributed by atoms with Crippen molar-refractivity contribution in [3.05, 3.63) is 117 Å². The third-order valence-corrected chi connectivity index (χ3v) is 7.30. The molecule has 0 saturated heterocycles. The van der Waals surface area contributed by atoms with E-state index in [1.165, 1.54) is 0 Å². The molecule has 0 aliphatic heterocycles. The highest BCUT2D eigenvalue weighted by Crippen LogP contribution is 2.22. The SMILES string of the molecule is Cc1nn(C)c(C)c1C#Cc1cccc2nc(C(C)NC(=O)c3c(C)nn4cccnc34)n(-c3ccccc3)c(=O)c12. The van der Waals surface area contributed by atoms with Crippen LogP contribution in [0.15, 0.2) is 71.8 Å². The zero-order valence-corrected chi connectivity index (χ0v) is 23.9. The highest BCUT2D eigenvalue weighted by atomic mass is 16.2. The van der Waals surface area contributed by atoms with Crippen molar-refractivity contribution >= 4 is 22.5 Å². The number of aryl methyl sites for hydroxylation is 3. The summed E-state index contributed by atoms with van der Waals surface area (Å²) in [5.41, 5.74) is 5.38. The van der Waals surface area contributed by atoms with Gasteiger partial charge in [0.15, 0.2) is 5.65 Å². The van der Waals surface area contributed by atoms with Gasteiger partial charge in [0.25, 0.3) is 11.5 Å². The molecule has 42 heavy (non-hydrogen) atoms. The van der Waals surface area contributed by atoms with E-state index in [1.54, 1.807) is 52.1 Å². The molecule has 208 valence electrons. The predicted molar refractivity (Wildman–Crippen MR) is 160 cm³/mol. The molecule has 4 aromatic heterocycles. The number of nitrogens with one attached hydrogen (secondary N) is 1. The zero-order valence-electron chi connectivity index (χ0n) is 23.9. The van der Waals surface area contributed by atoms with Crippen molar-refractivity contribution in [2.45, 2.75) is 33.7 Å². The Morgan fingerprint density at radius 3 is 2.48 bits per heavy atom. The van der Waals surface area contributed by atoms with Crippen molar-refractivity contribution < 1.29 is 4.79 Å². The predicted octanol–water partition coefficient (Wildman–Crippen LogP) is 3.98. The molecule has 0 spiro atoms. The van der Waals surface area contributed by atoms with Crippen LogP contribution in [0.3, 0.4) is 0 Å². The van der Waals surface area contributed by atoms with Crippen LogP contribution in [0, 0.1) is 32.6 Å². The second-order valence-corrected chi connectivity index (χ2v) is 10.1. The van der Waals surface area contributed by atoms with E-state index in [4.69, 9.17) is 4.98 Å². The van der Waals surface area contributed by atoms with Gasteiger partial charge >= 0.3 is 0 Å². The van der Waals surface area contributed by atoms with Crippen molar-refractivity contribution in [3.8, 4) is 17.5 Å². The monoisotopic (exact) mass is 556 g/mol. The largest absolute Gasteiger partial charge is 0.342 e. The van der Waals surface area contributed by atoms with Crippen LogP contribution in [0.2, 0.25) is 0 Å². The number of aromatic nitrogens is 7. The molecule has 0 saturated carbocycles. The van der Waals surface area contributed by atoms with E-state index in [0.29, 0.717) is 44.9 Å². The fourth-order valence-corrected chi connectivity index (χ4v) is 5.15. The van der Waals surface area contributed by atoms with Crippen LogP contribution in [0.5, 0.6) is 0 Å². The van der Waals surface area contributed by atoms with Crippen LogP contribution >= 0.6 is 0 Å². The molecular formula is C32H28N8O2. The van der Waals surface area contributed by atoms with E-state index in [2.05, 4.69) is 32.3 Å². The summed E-state index contributed by atoms with van der Waals surface area (Å²) in [5, 5.41) is 12.3. The molecule has 6 aromatic rings. The topological polar surface area (TPSA) is 112 Å². The van der Waals surface area contributed by atoms with Crippen LogP contribution in [0.4, 0.5) is 0 Å². The van der Waals surface area contributed by atoms with Gasteiger partial charge in [-0.25, -0.2) is 14.5 Å². The van der Waals surface area contributed by atoms with Gasteiger partial charge in [0, 0.05) is 25.0 Å². The Kier molecular flexibility index (Phi) is 6.63. The van der Waals surface area contributed by atoms with Gasteiger partial charge in [0.1, 0.15) is 11.4 Å². The second-order valence-electron chi connectivity index (χ2n) is 10.1. The Balaban J connectivity index is 1.49. The third-order valence-electron chi connectivity index (χ3n) is 7.30. The Labute approximate surface area is 241 Å². The molecule has 0 fully saturated rings. The number of para-hydroxylation sites is 1. The van der Waals surface area contributed by atoms with Crippen molar-refractivity contribution in [2.75, 3.05) is 0 Å². The average molecular weight is 557 g/mol. The molecule has 1 N–H and O–H groups in total. The van der Waals surface area contributed by atoms with Crippen LogP contribution in [0.1, 0.15) is 57.4 Å². The molecule has 1 atom stereocenters. The Morgan fingerprint density at radius 2 is 1.74 bits per heavy atom. The van der Waals surface area contributed by atoms with E-state index in [9.17, 15) is 9.59 Å². The maximum atomic E-state index is 14.3. The summed E-state index contributed by atoms with van der Waals surface area (Å²) >= 11 is 0. The van der Waals surface area contributed by atoms with Crippen LogP contribution < -0.4 is 10.9 Å². The summed E-state index contributed by atoms with van der Waals surface area (Å²) in [5.74, 6) is 6.44. The van der Waals surface area contributed by atoms with E-state index >= 15 is 0 Å². The van der Waals surface area contributed by atoms with E-state index in [0.717, 1.165) is 17.0 Å². The standard InChI is InChI=1S/C32H28N8O2/c1-19-25(22(4)38(5)36-19)16-15-23-11-9-14-26-28(23)32(42)40(24-12-7-6-8-13-24)29(35-26)21(3)34-31(41)27-20(2)37-39-18-10-17-33-30(27)39/h6-14,17-18,21H,1-5H3,(H,34,41). The van der Waals surface area contributed by atoms with E-state index in [-0.39, 0.29) is 11.5 Å². The Hall–Kier alpha value is -5.56. The summed E-state index contributed by atoms with van der Waals surface area (Å²) < 4.78 is 4.90. The minimum absolute atomic E-state index is 0.277. The zero-order chi connectivity index (χ0) is 29.5. The lowest BCUT2D eigenvalue weighted by molar-refractivity contribution is 0.0938. The number of benzene rings is 2. The molecule has 0 aliphatic carbocycles. The highest BCUT2D eigenvalue weighted by Gasteiger charge is 2.24. The minimum Gasteiger partial charge on any atom is -0.342 e. The highest BCUT2D eigenvalue weighted by molar-refractivity contribution is 6.01. The van der Waals surface area contributed by atoms with Gasteiger partial charge in [-0.05, 0) is 58.0 Å². The van der Waals surface area contributed by atoms with Crippen LogP contribution in [-0.4, -0.2) is 39.8 Å². The minimum atomic E-state index is -0.636. The molecule has 0 radical (unpaired) electrons. The summed E-state index contributed by atoms with van der Waals surface area (Å²) in [6, 6.07) is 15.8. The van der Waals surface area contributed by atoms with Crippen molar-refractivity contribution in [2.24, 2.45) is 7.05 Å². The number of carbonyl (C=O) groups excluding carboxylic acids is 1. The van der Waals surface area contributed by atoms with Gasteiger partial charge in [0.2, 0.25) is 0 Å². The van der Waals surface area contributed by atoms with E-state index in [1.807, 2.05) is 63.4 Å². The van der Waals surface area contributed by atoms with E-state index < -0.39 is 6.04 Å². The normalized spacial score (nSPS) is 11.8. The first-order valence-corrected chi connectivity index (χ1v) is 13.5. The molecule has 2 aromatic carbocycles. The maximum absolute atomic E-state index is 14.3. The fraction of sp³-hybridized carbons (Fsp3) is 0.188. The lowest BCUT2D eigenvalue weighted by Crippen LogP contribution is -2.33. The first kappa shape index (κ1) is 26.7. The first-order chi connectivity index (χ1) is 20.2. The summed E-state index contributed by atoms with van der Waals surface area (Å²) in [7, 11) is 1.88. The van der Waals surface area contributed by atoms with Gasteiger partial charge in [-0.2, -0.15) is 10.2 Å². The molecule has 1 amide bonds. The lowest BCUT2D eigenvalue weighted by atomic mass is 10.1. The molecule has 0 bridgehead atoms. The number of hydrogen-bond donors (Lipinski definition) is 1. The summed E-state index contributed by atoms with van der Waals surface area (Å²) in [6.07, 6.45) is 3.36. The second kappa shape index (κ2) is 10.4. The molecule has 6 rings (SSSR count). The number of fused-ring (bicyclic) bond motifs is 2. The molecule has 10 nitrogen and oxygen atoms in total. The fourth-order valence-electron chi connectivity index (χ4n) is 5.15. The summed E-state index contributed by atoms with van der Waals surface area (Å²) in [4.78, 5) is 37.0. The number of carbonyl (C=O) groups is 1. The molecule has 4 heterocycles. The number of hydrogen-bond acceptors (Lipinski definition) is 6. The number of rotatable bonds is 4. The maximum Gasteiger partial charge on any atom is 0.267 e. The number of amides is 1. The van der Waals surface area contributed by atoms with Crippen LogP contribution in [0.25, 0.3) is 22.2 Å². The van der Waals surface area contributed by atoms with Gasteiger partial charge in [0.05, 0.1) is 45.3 Å². The smallest absolute Gasteiger partial charge is 0.267 e. The lowest BCUT2D eigenvalue weighted by Gasteiger charge is -2.20. The molecule has 1 unspecified atom stereocenters. The van der Waals surface area contributed by atoms with Gasteiger partial charge in [-0.3, -0.25) is 18.8 Å². The van der Waals surface area contributed by atoms with Crippen LogP contribution in [-0.2, 0) is 7.05 Å². The summed E-state index contributed by atoms with van der Waals surface area (Å²) in [6.45, 7) is 7.44. The van der Waals surface area contributed by atoms with Gasteiger partial charge in [-0.15, -0.1) is 0 Å². The van der Waals surface area contributed by atoms with Gasteiger partial charge in [-0.1, -0.05) is 36.1 Å². The van der Waals surface area contributed by atoms with Crippen molar-refractivity contribution in [1.29, 1.82) is 0 Å². The molecular weight excluding hydrogens is 528 g/mol. The molecule has 10 heteroatoms. The quantitative estimate of drug-likeness (QED) is 0.329. The number of nitrogens with zero attached hydrogens (tertiary/aromatic N) is 7. The third kappa shape index (κ3) is 4.51. The molecule has 0 aliphatic rings. The van der Waals surface area contributed by atoms with Crippen molar-refractivity contribution in [3.63, 3.8) is 0 Å². The Bertz CT molecular complexity index is 2130. The van der Waals surface area contributed by atoms with Crippen molar-refractivity contribution in [1.82, 2.24) is 39.2 Å².